The van der Waals surface area contributed by atoms with Crippen LogP contribution in [0, 0.1) is 5.92 Å². The number of aromatic nitrogens is 1. The van der Waals surface area contributed by atoms with Crippen LogP contribution in [0.4, 0.5) is 0 Å². The molecule has 152 valence electrons. The second-order valence-corrected chi connectivity index (χ2v) is 7.30. The molecule has 0 radical (unpaired) electrons. The Morgan fingerprint density at radius 3 is 2.55 bits per heavy atom. The number of aromatic amines is 1. The number of fused-ring (bicyclic) bond motifs is 1. The molecule has 1 heterocycles. The summed E-state index contributed by atoms with van der Waals surface area (Å²) in [5, 5.41) is 6.96. The molecule has 3 aromatic rings. The third-order valence-electron chi connectivity index (χ3n) is 4.96. The Bertz CT molecular complexity index is 994. The van der Waals surface area contributed by atoms with Gasteiger partial charge >= 0.3 is 0 Å². The molecular weight excluding hydrogens is 366 g/mol. The van der Waals surface area contributed by atoms with Crippen LogP contribution in [-0.4, -0.2) is 36.5 Å². The summed E-state index contributed by atoms with van der Waals surface area (Å²) < 4.78 is 5.25. The number of ether oxygens (including phenoxy) is 1. The average Bonchev–Trinajstić information content (AvgIpc) is 3.14. The van der Waals surface area contributed by atoms with Crippen molar-refractivity contribution in [2.24, 2.45) is 5.92 Å². The van der Waals surface area contributed by atoms with Crippen molar-refractivity contribution in [1.29, 1.82) is 0 Å². The van der Waals surface area contributed by atoms with Gasteiger partial charge in [0.2, 0.25) is 5.91 Å². The van der Waals surface area contributed by atoms with Gasteiger partial charge in [-0.2, -0.15) is 0 Å². The molecular formula is C23H27N3O3. The van der Waals surface area contributed by atoms with Gasteiger partial charge in [0.15, 0.2) is 0 Å². The van der Waals surface area contributed by atoms with E-state index in [1.807, 2.05) is 38.2 Å². The van der Waals surface area contributed by atoms with Crippen molar-refractivity contribution in [3.63, 3.8) is 0 Å². The third-order valence-corrected chi connectivity index (χ3v) is 4.96. The fourth-order valence-electron chi connectivity index (χ4n) is 3.35. The summed E-state index contributed by atoms with van der Waals surface area (Å²) in [4.78, 5) is 28.6. The molecule has 2 aromatic carbocycles. The minimum absolute atomic E-state index is 0.0539. The lowest BCUT2D eigenvalue weighted by Crippen LogP contribution is -2.50. The van der Waals surface area contributed by atoms with Crippen molar-refractivity contribution in [3.05, 3.63) is 65.9 Å². The maximum absolute atomic E-state index is 12.7. The molecule has 1 aromatic heterocycles. The highest BCUT2D eigenvalue weighted by molar-refractivity contribution is 5.99. The summed E-state index contributed by atoms with van der Waals surface area (Å²) in [5.41, 5.74) is 2.64. The van der Waals surface area contributed by atoms with E-state index in [1.165, 1.54) is 7.11 Å². The summed E-state index contributed by atoms with van der Waals surface area (Å²) in [5.74, 6) is -0.0926. The standard InChI is InChI=1S/C23H27N3O3/c1-15(2)21(26-22(27)18-9-5-7-11-20(18)29-3)23(28)24-13-12-16-14-25-19-10-6-4-8-17(16)19/h4-11,14-15,21,25H,12-13H2,1-3H3,(H,24,28)(H,26,27)/t21-/m1/s1. The Balaban J connectivity index is 1.61. The van der Waals surface area contributed by atoms with Gasteiger partial charge in [0.1, 0.15) is 11.8 Å². The Morgan fingerprint density at radius 2 is 1.79 bits per heavy atom. The van der Waals surface area contributed by atoms with Gasteiger partial charge in [0.05, 0.1) is 12.7 Å². The lowest BCUT2D eigenvalue weighted by Gasteiger charge is -2.22. The number of nitrogens with one attached hydrogen (secondary N) is 3. The van der Waals surface area contributed by atoms with Crippen molar-refractivity contribution >= 4 is 22.7 Å². The van der Waals surface area contributed by atoms with Gasteiger partial charge in [-0.3, -0.25) is 9.59 Å². The van der Waals surface area contributed by atoms with Crippen LogP contribution >= 0.6 is 0 Å². The number of para-hydroxylation sites is 2. The predicted molar refractivity (Wildman–Crippen MR) is 114 cm³/mol. The number of benzene rings is 2. The fraction of sp³-hybridized carbons (Fsp3) is 0.304. The van der Waals surface area contributed by atoms with Crippen molar-refractivity contribution in [1.82, 2.24) is 15.6 Å². The van der Waals surface area contributed by atoms with E-state index in [1.54, 1.807) is 24.3 Å². The highest BCUT2D eigenvalue weighted by Crippen LogP contribution is 2.19. The van der Waals surface area contributed by atoms with Crippen LogP contribution < -0.4 is 15.4 Å². The number of hydrogen-bond acceptors (Lipinski definition) is 3. The van der Waals surface area contributed by atoms with Gasteiger partial charge in [0.25, 0.3) is 5.91 Å². The molecule has 0 fully saturated rings. The van der Waals surface area contributed by atoms with Crippen molar-refractivity contribution in [2.75, 3.05) is 13.7 Å². The third kappa shape index (κ3) is 4.77. The lowest BCUT2D eigenvalue weighted by atomic mass is 10.0. The van der Waals surface area contributed by atoms with E-state index in [4.69, 9.17) is 4.74 Å². The molecule has 6 nitrogen and oxygen atoms in total. The molecule has 29 heavy (non-hydrogen) atoms. The Labute approximate surface area is 170 Å². The molecule has 2 amide bonds. The lowest BCUT2D eigenvalue weighted by molar-refractivity contribution is -0.123. The highest BCUT2D eigenvalue weighted by Gasteiger charge is 2.25. The van der Waals surface area contributed by atoms with E-state index in [9.17, 15) is 9.59 Å². The van der Waals surface area contributed by atoms with Gasteiger partial charge in [0, 0.05) is 23.6 Å². The summed E-state index contributed by atoms with van der Waals surface area (Å²) in [6, 6.07) is 14.4. The number of rotatable bonds is 8. The van der Waals surface area contributed by atoms with E-state index >= 15 is 0 Å². The van der Waals surface area contributed by atoms with E-state index in [0.717, 1.165) is 16.5 Å². The number of amides is 2. The molecule has 3 rings (SSSR count). The zero-order valence-corrected chi connectivity index (χ0v) is 17.0. The first-order valence-corrected chi connectivity index (χ1v) is 9.78. The van der Waals surface area contributed by atoms with E-state index < -0.39 is 6.04 Å². The van der Waals surface area contributed by atoms with E-state index in [2.05, 4.69) is 21.7 Å². The first kappa shape index (κ1) is 20.5. The van der Waals surface area contributed by atoms with Crippen molar-refractivity contribution < 1.29 is 14.3 Å². The number of hydrogen-bond donors (Lipinski definition) is 3. The van der Waals surface area contributed by atoms with Gasteiger partial charge in [-0.15, -0.1) is 0 Å². The van der Waals surface area contributed by atoms with Crippen LogP contribution in [0.1, 0.15) is 29.8 Å². The minimum Gasteiger partial charge on any atom is -0.496 e. The topological polar surface area (TPSA) is 83.2 Å². The number of methoxy groups -OCH3 is 1. The minimum atomic E-state index is -0.629. The first-order valence-electron chi connectivity index (χ1n) is 9.78. The highest BCUT2D eigenvalue weighted by atomic mass is 16.5. The van der Waals surface area contributed by atoms with Crippen LogP contribution in [0.25, 0.3) is 10.9 Å². The molecule has 0 spiro atoms. The predicted octanol–water partition coefficient (Wildman–Crippen LogP) is 3.29. The zero-order valence-electron chi connectivity index (χ0n) is 17.0. The molecule has 1 atom stereocenters. The number of carbonyl (C=O) groups is 2. The van der Waals surface area contributed by atoms with Crippen LogP contribution in [0.15, 0.2) is 54.7 Å². The van der Waals surface area contributed by atoms with Crippen LogP contribution in [0.5, 0.6) is 5.75 Å². The average molecular weight is 393 g/mol. The maximum Gasteiger partial charge on any atom is 0.255 e. The summed E-state index contributed by atoms with van der Waals surface area (Å²) in [6.07, 6.45) is 2.68. The molecule has 0 unspecified atom stereocenters. The van der Waals surface area contributed by atoms with Gasteiger partial charge < -0.3 is 20.4 Å². The van der Waals surface area contributed by atoms with Gasteiger partial charge in [-0.05, 0) is 36.1 Å². The quantitative estimate of drug-likeness (QED) is 0.549. The largest absolute Gasteiger partial charge is 0.496 e. The second kappa shape index (κ2) is 9.28. The molecule has 0 bridgehead atoms. The summed E-state index contributed by atoms with van der Waals surface area (Å²) in [6.45, 7) is 4.31. The van der Waals surface area contributed by atoms with E-state index in [-0.39, 0.29) is 17.7 Å². The molecule has 0 aliphatic carbocycles. The van der Waals surface area contributed by atoms with Crippen LogP contribution in [0.3, 0.4) is 0 Å². The molecule has 0 aliphatic rings. The Hall–Kier alpha value is -3.28. The first-order chi connectivity index (χ1) is 14.0. The molecule has 0 saturated carbocycles. The van der Waals surface area contributed by atoms with Gasteiger partial charge in [-0.25, -0.2) is 0 Å². The molecule has 6 heteroatoms. The van der Waals surface area contributed by atoms with Crippen molar-refractivity contribution in [3.8, 4) is 5.75 Å². The normalized spacial score (nSPS) is 12.0. The fourth-order valence-corrected chi connectivity index (χ4v) is 3.35. The van der Waals surface area contributed by atoms with Crippen LogP contribution in [0.2, 0.25) is 0 Å². The number of H-pyrrole nitrogens is 1. The molecule has 3 N–H and O–H groups in total. The molecule has 0 aliphatic heterocycles. The maximum atomic E-state index is 12.7. The second-order valence-electron chi connectivity index (χ2n) is 7.30. The smallest absolute Gasteiger partial charge is 0.255 e. The SMILES string of the molecule is COc1ccccc1C(=O)N[C@@H](C(=O)NCCc1c[nH]c2ccccc12)C(C)C. The zero-order chi connectivity index (χ0) is 20.8. The monoisotopic (exact) mass is 393 g/mol. The number of carbonyl (C=O) groups excluding carboxylic acids is 2. The van der Waals surface area contributed by atoms with E-state index in [0.29, 0.717) is 24.3 Å². The van der Waals surface area contributed by atoms with Crippen LogP contribution in [-0.2, 0) is 11.2 Å². The summed E-state index contributed by atoms with van der Waals surface area (Å²) in [7, 11) is 1.52. The summed E-state index contributed by atoms with van der Waals surface area (Å²) >= 11 is 0. The molecule has 0 saturated heterocycles. The Kier molecular flexibility index (Phi) is 6.54. The van der Waals surface area contributed by atoms with Crippen molar-refractivity contribution in [2.45, 2.75) is 26.3 Å². The van der Waals surface area contributed by atoms with Gasteiger partial charge in [-0.1, -0.05) is 44.2 Å². The Morgan fingerprint density at radius 1 is 1.07 bits per heavy atom.